The number of primary amides is 1. The van der Waals surface area contributed by atoms with E-state index in [1.165, 1.54) is 0 Å². The molecule has 1 amide bonds. The highest BCUT2D eigenvalue weighted by Gasteiger charge is 2.34. The summed E-state index contributed by atoms with van der Waals surface area (Å²) < 4.78 is 0. The van der Waals surface area contributed by atoms with Crippen molar-refractivity contribution in [3.8, 4) is 0 Å². The van der Waals surface area contributed by atoms with E-state index in [-0.39, 0.29) is 30.0 Å². The van der Waals surface area contributed by atoms with E-state index >= 15 is 0 Å². The van der Waals surface area contributed by atoms with Crippen LogP contribution < -0.4 is 11.1 Å². The van der Waals surface area contributed by atoms with E-state index in [1.54, 1.807) is 19.1 Å². The molecule has 1 fully saturated rings. The molecule has 1 aliphatic rings. The number of amides is 1. The zero-order valence-electron chi connectivity index (χ0n) is 12.0. The molecule has 0 radical (unpaired) electrons. The van der Waals surface area contributed by atoms with Crippen molar-refractivity contribution in [2.75, 3.05) is 5.88 Å². The molecule has 0 aromatic rings. The monoisotopic (exact) mass is 286 g/mol. The molecule has 1 aliphatic heterocycles. The lowest BCUT2D eigenvalue weighted by atomic mass is 9.84. The number of hydrogen-bond donors (Lipinski definition) is 2. The number of halogens is 1. The molecule has 5 heteroatoms. The van der Waals surface area contributed by atoms with E-state index in [1.807, 2.05) is 20.8 Å². The summed E-state index contributed by atoms with van der Waals surface area (Å²) in [5.41, 5.74) is 6.48. The molecule has 0 bridgehead atoms. The minimum absolute atomic E-state index is 0.00347. The molecule has 1 saturated heterocycles. The predicted octanol–water partition coefficient (Wildman–Crippen LogP) is 2.13. The van der Waals surface area contributed by atoms with Gasteiger partial charge in [0.1, 0.15) is 0 Å². The van der Waals surface area contributed by atoms with Crippen molar-refractivity contribution >= 4 is 23.3 Å². The van der Waals surface area contributed by atoms with Gasteiger partial charge in [-0.2, -0.15) is 0 Å². The van der Waals surface area contributed by atoms with Gasteiger partial charge in [-0.25, -0.2) is 0 Å². The maximum atomic E-state index is 12.1. The average molecular weight is 287 g/mol. The van der Waals surface area contributed by atoms with Crippen LogP contribution in [-0.4, -0.2) is 23.6 Å². The van der Waals surface area contributed by atoms with Gasteiger partial charge < -0.3 is 11.1 Å². The Labute approximate surface area is 120 Å². The maximum absolute atomic E-state index is 12.1. The van der Waals surface area contributed by atoms with Crippen molar-refractivity contribution < 1.29 is 9.59 Å². The fraction of sp³-hybridized carbons (Fsp3) is 0.571. The molecule has 3 N–H and O–H groups in total. The van der Waals surface area contributed by atoms with E-state index in [9.17, 15) is 9.59 Å². The second-order valence-electron chi connectivity index (χ2n) is 4.05. The Kier molecular flexibility index (Phi) is 8.16. The Morgan fingerprint density at radius 3 is 2.47 bits per heavy atom. The highest BCUT2D eigenvalue weighted by Crippen LogP contribution is 2.25. The first-order valence-corrected chi connectivity index (χ1v) is 7.06. The van der Waals surface area contributed by atoms with Crippen LogP contribution in [0.15, 0.2) is 23.4 Å². The van der Waals surface area contributed by atoms with Crippen LogP contribution in [0.4, 0.5) is 0 Å². The Bertz CT molecular complexity index is 389. The summed E-state index contributed by atoms with van der Waals surface area (Å²) in [6, 6.07) is -0.237. The summed E-state index contributed by atoms with van der Waals surface area (Å²) in [6.45, 7) is 7.62. The summed E-state index contributed by atoms with van der Waals surface area (Å²) in [5.74, 6) is -0.403. The third-order valence-electron chi connectivity index (χ3n) is 2.90. The molecule has 1 heterocycles. The van der Waals surface area contributed by atoms with Gasteiger partial charge in [0.05, 0.1) is 0 Å². The zero-order valence-corrected chi connectivity index (χ0v) is 12.8. The van der Waals surface area contributed by atoms with E-state index in [0.717, 1.165) is 5.70 Å². The largest absolute Gasteiger partial charge is 0.381 e. The lowest BCUT2D eigenvalue weighted by Crippen LogP contribution is -2.47. The van der Waals surface area contributed by atoms with E-state index in [4.69, 9.17) is 17.3 Å². The molecule has 0 spiro atoms. The fourth-order valence-electron chi connectivity index (χ4n) is 1.93. The number of nitrogens with two attached hydrogens (primary N) is 1. The molecule has 0 saturated carbocycles. The molecule has 0 aromatic carbocycles. The molecule has 0 aliphatic carbocycles. The van der Waals surface area contributed by atoms with Crippen LogP contribution in [0.3, 0.4) is 0 Å². The Morgan fingerprint density at radius 1 is 1.47 bits per heavy atom. The van der Waals surface area contributed by atoms with Crippen molar-refractivity contribution in [1.82, 2.24) is 5.32 Å². The summed E-state index contributed by atoms with van der Waals surface area (Å²) >= 11 is 5.63. The van der Waals surface area contributed by atoms with E-state index < -0.39 is 5.91 Å². The van der Waals surface area contributed by atoms with Gasteiger partial charge in [0.25, 0.3) is 0 Å². The van der Waals surface area contributed by atoms with Crippen LogP contribution in [0.2, 0.25) is 0 Å². The normalized spacial score (nSPS) is 26.7. The number of ketones is 1. The van der Waals surface area contributed by atoms with Crippen molar-refractivity contribution in [3.63, 3.8) is 0 Å². The molecular weight excluding hydrogens is 264 g/mol. The van der Waals surface area contributed by atoms with Crippen molar-refractivity contribution in [2.45, 2.75) is 40.2 Å². The lowest BCUT2D eigenvalue weighted by Gasteiger charge is -2.32. The van der Waals surface area contributed by atoms with Gasteiger partial charge in [-0.15, -0.1) is 11.6 Å². The molecule has 108 valence electrons. The van der Waals surface area contributed by atoms with E-state index in [2.05, 4.69) is 5.32 Å². The second kappa shape index (κ2) is 8.75. The molecule has 0 aromatic heterocycles. The Balaban J connectivity index is 0.00000154. The fourth-order valence-corrected chi connectivity index (χ4v) is 2.09. The second-order valence-corrected chi connectivity index (χ2v) is 4.36. The zero-order chi connectivity index (χ0) is 15.0. The summed E-state index contributed by atoms with van der Waals surface area (Å²) in [7, 11) is 0. The number of allylic oxidation sites excluding steroid dienone is 3. The van der Waals surface area contributed by atoms with Gasteiger partial charge in [-0.3, -0.25) is 9.59 Å². The molecule has 2 atom stereocenters. The minimum Gasteiger partial charge on any atom is -0.381 e. The number of hydrogen-bond acceptors (Lipinski definition) is 3. The third kappa shape index (κ3) is 4.71. The number of piperidine rings is 1. The number of alkyl halides is 1. The van der Waals surface area contributed by atoms with E-state index in [0.29, 0.717) is 5.57 Å². The van der Waals surface area contributed by atoms with Gasteiger partial charge in [-0.05, 0) is 6.92 Å². The standard InChI is InChI=1S/C12H17ClN2O2.C2H6/c1-3-9-8(4-5-13)12(17)7(2)10(15-9)6-11(14)16;1-2/h3-4,7,10,15H,5-6H2,1-2H3,(H2,14,16);1-2H3/b8-4+,9-3+;. The van der Waals surface area contributed by atoms with Gasteiger partial charge >= 0.3 is 0 Å². The smallest absolute Gasteiger partial charge is 0.219 e. The number of carbonyl (C=O) groups excluding carboxylic acids is 2. The van der Waals surface area contributed by atoms with Crippen molar-refractivity contribution in [3.05, 3.63) is 23.4 Å². The molecular formula is C14H23ClN2O2. The summed E-state index contributed by atoms with van der Waals surface area (Å²) in [5, 5.41) is 3.16. The number of carbonyl (C=O) groups is 2. The van der Waals surface area contributed by atoms with Gasteiger partial charge in [-0.1, -0.05) is 32.9 Å². The van der Waals surface area contributed by atoms with Crippen molar-refractivity contribution in [2.24, 2.45) is 11.7 Å². The summed E-state index contributed by atoms with van der Waals surface area (Å²) in [6.07, 6.45) is 3.64. The number of Topliss-reactive ketones (excluding diaryl/α,β-unsaturated/α-hetero) is 1. The third-order valence-corrected chi connectivity index (χ3v) is 3.06. The van der Waals surface area contributed by atoms with Crippen LogP contribution in [0.25, 0.3) is 0 Å². The first-order valence-electron chi connectivity index (χ1n) is 6.53. The van der Waals surface area contributed by atoms with Crippen LogP contribution in [0, 0.1) is 5.92 Å². The predicted molar refractivity (Wildman–Crippen MR) is 78.8 cm³/mol. The highest BCUT2D eigenvalue weighted by atomic mass is 35.5. The quantitative estimate of drug-likeness (QED) is 0.617. The molecule has 1 rings (SSSR count). The lowest BCUT2D eigenvalue weighted by molar-refractivity contribution is -0.122. The van der Waals surface area contributed by atoms with Gasteiger partial charge in [0.15, 0.2) is 5.78 Å². The highest BCUT2D eigenvalue weighted by molar-refractivity contribution is 6.19. The number of rotatable bonds is 3. The van der Waals surface area contributed by atoms with Gasteiger partial charge in [0, 0.05) is 35.5 Å². The first-order chi connectivity index (χ1) is 9.01. The average Bonchev–Trinajstić information content (AvgIpc) is 2.40. The Morgan fingerprint density at radius 2 is 2.05 bits per heavy atom. The van der Waals surface area contributed by atoms with Crippen LogP contribution in [0.5, 0.6) is 0 Å². The molecule has 2 unspecified atom stereocenters. The molecule has 19 heavy (non-hydrogen) atoms. The van der Waals surface area contributed by atoms with Crippen LogP contribution in [0.1, 0.15) is 34.1 Å². The summed E-state index contributed by atoms with van der Waals surface area (Å²) in [4.78, 5) is 23.1. The van der Waals surface area contributed by atoms with Gasteiger partial charge in [0.2, 0.25) is 5.91 Å². The SMILES string of the molecule is C/C=C1/NC(CC(N)=O)C(C)C(=O)/C1=C/CCl.CC. The van der Waals surface area contributed by atoms with Crippen LogP contribution in [-0.2, 0) is 9.59 Å². The first kappa shape index (κ1) is 17.7. The minimum atomic E-state index is -0.414. The molecule has 4 nitrogen and oxygen atoms in total. The topological polar surface area (TPSA) is 72.2 Å². The number of nitrogens with one attached hydrogen (secondary N) is 1. The Hall–Kier alpha value is -1.29. The van der Waals surface area contributed by atoms with Crippen molar-refractivity contribution in [1.29, 1.82) is 0 Å². The maximum Gasteiger partial charge on any atom is 0.219 e. The van der Waals surface area contributed by atoms with Crippen LogP contribution >= 0.6 is 11.6 Å².